The first-order chi connectivity index (χ1) is 10.7. The van der Waals surface area contributed by atoms with Crippen molar-refractivity contribution in [2.45, 2.75) is 38.3 Å². The summed E-state index contributed by atoms with van der Waals surface area (Å²) in [4.78, 5) is 22.8. The zero-order valence-electron chi connectivity index (χ0n) is 12.4. The molecule has 1 aliphatic heterocycles. The first kappa shape index (κ1) is 13.9. The van der Waals surface area contributed by atoms with Crippen LogP contribution >= 0.6 is 11.3 Å². The summed E-state index contributed by atoms with van der Waals surface area (Å²) in [5, 5.41) is 7.46. The van der Waals surface area contributed by atoms with Crippen LogP contribution in [-0.4, -0.2) is 41.2 Å². The van der Waals surface area contributed by atoms with Crippen LogP contribution in [-0.2, 0) is 4.74 Å². The Morgan fingerprint density at radius 2 is 2.18 bits per heavy atom. The van der Waals surface area contributed by atoms with Crippen molar-refractivity contribution in [2.75, 3.05) is 18.5 Å². The van der Waals surface area contributed by atoms with Crippen LogP contribution in [0.1, 0.15) is 34.5 Å². The summed E-state index contributed by atoms with van der Waals surface area (Å²) in [6, 6.07) is 0.637. The minimum absolute atomic E-state index is 0.0339. The molecule has 2 aliphatic rings. The lowest BCUT2D eigenvalue weighted by atomic mass is 10.2. The van der Waals surface area contributed by atoms with Crippen LogP contribution < -0.4 is 10.6 Å². The third kappa shape index (κ3) is 2.55. The molecule has 1 aliphatic carbocycles. The lowest BCUT2D eigenvalue weighted by Crippen LogP contribution is -2.34. The molecule has 2 fully saturated rings. The number of hydrogen-bond acceptors (Lipinski definition) is 6. The Morgan fingerprint density at radius 3 is 2.91 bits per heavy atom. The van der Waals surface area contributed by atoms with Crippen LogP contribution in [0.25, 0.3) is 10.2 Å². The maximum absolute atomic E-state index is 12.5. The van der Waals surface area contributed by atoms with Crippen molar-refractivity contribution in [3.8, 4) is 0 Å². The van der Waals surface area contributed by atoms with E-state index in [4.69, 9.17) is 4.74 Å². The Balaban J connectivity index is 1.65. The second-order valence-electron chi connectivity index (χ2n) is 5.91. The molecule has 1 unspecified atom stereocenters. The maximum Gasteiger partial charge on any atom is 0.262 e. The number of anilines is 1. The Morgan fingerprint density at radius 1 is 1.32 bits per heavy atom. The van der Waals surface area contributed by atoms with E-state index >= 15 is 0 Å². The Bertz CT molecular complexity index is 720. The average Bonchev–Trinajstić information content (AvgIpc) is 3.04. The average molecular weight is 318 g/mol. The number of nitrogens with one attached hydrogen (secondary N) is 2. The van der Waals surface area contributed by atoms with Crippen LogP contribution in [0.2, 0.25) is 0 Å². The highest BCUT2D eigenvalue weighted by Crippen LogP contribution is 2.35. The van der Waals surface area contributed by atoms with Crippen molar-refractivity contribution >= 4 is 33.3 Å². The summed E-state index contributed by atoms with van der Waals surface area (Å²) in [6.45, 7) is 3.29. The Kier molecular flexibility index (Phi) is 3.46. The lowest BCUT2D eigenvalue weighted by Gasteiger charge is -2.10. The van der Waals surface area contributed by atoms with E-state index in [2.05, 4.69) is 20.6 Å². The molecule has 3 heterocycles. The third-order valence-corrected chi connectivity index (χ3v) is 5.31. The van der Waals surface area contributed by atoms with E-state index in [1.807, 2.05) is 6.92 Å². The van der Waals surface area contributed by atoms with Gasteiger partial charge in [0.05, 0.1) is 22.9 Å². The van der Waals surface area contributed by atoms with Gasteiger partial charge in [-0.25, -0.2) is 9.97 Å². The maximum atomic E-state index is 12.5. The second kappa shape index (κ2) is 5.48. The van der Waals surface area contributed by atoms with Crippen LogP contribution in [0.4, 0.5) is 5.82 Å². The van der Waals surface area contributed by atoms with Crippen molar-refractivity contribution in [2.24, 2.45) is 0 Å². The van der Waals surface area contributed by atoms with Crippen molar-refractivity contribution in [1.29, 1.82) is 0 Å². The van der Waals surface area contributed by atoms with E-state index in [0.29, 0.717) is 12.6 Å². The van der Waals surface area contributed by atoms with Gasteiger partial charge in [0.1, 0.15) is 17.0 Å². The number of carbonyl (C=O) groups excluding carboxylic acids is 1. The molecule has 0 aromatic carbocycles. The van der Waals surface area contributed by atoms with E-state index in [9.17, 15) is 4.79 Å². The molecule has 2 aromatic heterocycles. The number of nitrogens with zero attached hydrogens (tertiary/aromatic N) is 2. The van der Waals surface area contributed by atoms with E-state index in [1.54, 1.807) is 6.33 Å². The van der Waals surface area contributed by atoms with Gasteiger partial charge in [0.2, 0.25) is 0 Å². The number of aromatic nitrogens is 2. The molecule has 2 aromatic rings. The Hall–Kier alpha value is -1.73. The predicted octanol–water partition coefficient (Wildman–Crippen LogP) is 2.09. The van der Waals surface area contributed by atoms with E-state index < -0.39 is 0 Å². The molecular formula is C15H18N4O2S. The van der Waals surface area contributed by atoms with Gasteiger partial charge in [-0.2, -0.15) is 0 Å². The van der Waals surface area contributed by atoms with Crippen LogP contribution in [0, 0.1) is 6.92 Å². The van der Waals surface area contributed by atoms with Gasteiger partial charge in [-0.3, -0.25) is 4.79 Å². The molecule has 0 spiro atoms. The monoisotopic (exact) mass is 318 g/mol. The number of fused-ring (bicyclic) bond motifs is 1. The number of aryl methyl sites for hydroxylation is 1. The van der Waals surface area contributed by atoms with E-state index in [-0.39, 0.29) is 11.9 Å². The van der Waals surface area contributed by atoms with Crippen LogP contribution in [0.15, 0.2) is 6.33 Å². The highest BCUT2D eigenvalue weighted by molar-refractivity contribution is 7.20. The molecule has 1 saturated heterocycles. The third-order valence-electron chi connectivity index (χ3n) is 4.12. The normalized spacial score (nSPS) is 21.2. The quantitative estimate of drug-likeness (QED) is 0.903. The number of amides is 1. The van der Waals surface area contributed by atoms with Crippen molar-refractivity contribution in [3.05, 3.63) is 16.8 Å². The number of hydrogen-bond donors (Lipinski definition) is 2. The standard InChI is InChI=1S/C15H18N4O2S/c1-8-11-13(18-9-2-3-9)16-7-17-15(11)22-12(8)14(20)19-10-4-5-21-6-10/h7,9-10H,2-6H2,1H3,(H,19,20)(H,16,17,18). The largest absolute Gasteiger partial charge is 0.379 e. The molecule has 0 bridgehead atoms. The fourth-order valence-corrected chi connectivity index (χ4v) is 3.77. The summed E-state index contributed by atoms with van der Waals surface area (Å²) in [5.74, 6) is 0.817. The van der Waals surface area contributed by atoms with Gasteiger partial charge in [-0.05, 0) is 31.7 Å². The molecule has 6 nitrogen and oxygen atoms in total. The van der Waals surface area contributed by atoms with Gasteiger partial charge in [-0.1, -0.05) is 0 Å². The van der Waals surface area contributed by atoms with Gasteiger partial charge in [0, 0.05) is 12.6 Å². The van der Waals surface area contributed by atoms with Gasteiger partial charge in [0.15, 0.2) is 0 Å². The molecule has 1 atom stereocenters. The van der Waals surface area contributed by atoms with Crippen LogP contribution in [0.5, 0.6) is 0 Å². The van der Waals surface area contributed by atoms with Gasteiger partial charge < -0.3 is 15.4 Å². The summed E-state index contributed by atoms with van der Waals surface area (Å²) in [6.07, 6.45) is 4.81. The molecule has 4 rings (SSSR count). The fraction of sp³-hybridized carbons (Fsp3) is 0.533. The van der Waals surface area contributed by atoms with Gasteiger partial charge >= 0.3 is 0 Å². The molecular weight excluding hydrogens is 300 g/mol. The molecule has 0 radical (unpaired) electrons. The number of ether oxygens (including phenoxy) is 1. The lowest BCUT2D eigenvalue weighted by molar-refractivity contribution is 0.0933. The summed E-state index contributed by atoms with van der Waals surface area (Å²) in [5.41, 5.74) is 0.958. The number of carbonyl (C=O) groups is 1. The first-order valence-electron chi connectivity index (χ1n) is 7.61. The van der Waals surface area contributed by atoms with Crippen molar-refractivity contribution in [3.63, 3.8) is 0 Å². The summed E-state index contributed by atoms with van der Waals surface area (Å²) in [7, 11) is 0. The van der Waals surface area contributed by atoms with Gasteiger partial charge in [-0.15, -0.1) is 11.3 Å². The minimum Gasteiger partial charge on any atom is -0.379 e. The molecule has 1 saturated carbocycles. The molecule has 22 heavy (non-hydrogen) atoms. The second-order valence-corrected chi connectivity index (χ2v) is 6.91. The van der Waals surface area contributed by atoms with Crippen molar-refractivity contribution in [1.82, 2.24) is 15.3 Å². The Labute approximate surface area is 132 Å². The highest BCUT2D eigenvalue weighted by Gasteiger charge is 2.26. The highest BCUT2D eigenvalue weighted by atomic mass is 32.1. The smallest absolute Gasteiger partial charge is 0.262 e. The fourth-order valence-electron chi connectivity index (χ4n) is 2.72. The summed E-state index contributed by atoms with van der Waals surface area (Å²) >= 11 is 1.43. The zero-order chi connectivity index (χ0) is 15.1. The molecule has 1 amide bonds. The molecule has 2 N–H and O–H groups in total. The minimum atomic E-state index is -0.0339. The first-order valence-corrected chi connectivity index (χ1v) is 8.43. The predicted molar refractivity (Wildman–Crippen MR) is 85.5 cm³/mol. The topological polar surface area (TPSA) is 76.1 Å². The van der Waals surface area contributed by atoms with Crippen LogP contribution in [0.3, 0.4) is 0 Å². The van der Waals surface area contributed by atoms with Crippen molar-refractivity contribution < 1.29 is 9.53 Å². The zero-order valence-corrected chi connectivity index (χ0v) is 13.2. The molecule has 7 heteroatoms. The van der Waals surface area contributed by atoms with E-state index in [1.165, 1.54) is 24.2 Å². The number of rotatable bonds is 4. The number of thiophene rings is 1. The van der Waals surface area contributed by atoms with Gasteiger partial charge in [0.25, 0.3) is 5.91 Å². The summed E-state index contributed by atoms with van der Waals surface area (Å²) < 4.78 is 5.31. The molecule has 116 valence electrons. The SMILES string of the molecule is Cc1c(C(=O)NC2CCOC2)sc2ncnc(NC3CC3)c12. The van der Waals surface area contributed by atoms with E-state index in [0.717, 1.165) is 39.5 Å².